The average molecular weight is 307 g/mol. The molecule has 1 unspecified atom stereocenters. The molecular weight excluding hydrogens is 284 g/mol. The summed E-state index contributed by atoms with van der Waals surface area (Å²) in [5.41, 5.74) is 2.11. The maximum atomic E-state index is 6.40. The lowest BCUT2D eigenvalue weighted by atomic mass is 9.95. The highest BCUT2D eigenvalue weighted by atomic mass is 35.5. The van der Waals surface area contributed by atoms with Crippen LogP contribution in [0, 0.1) is 0 Å². The highest BCUT2D eigenvalue weighted by Crippen LogP contribution is 2.37. The van der Waals surface area contributed by atoms with Crippen molar-refractivity contribution < 1.29 is 4.74 Å². The van der Waals surface area contributed by atoms with Crippen LogP contribution in [0.15, 0.2) is 18.2 Å². The minimum Gasteiger partial charge on any atom is -0.492 e. The van der Waals surface area contributed by atoms with Gasteiger partial charge in [-0.3, -0.25) is 0 Å². The van der Waals surface area contributed by atoms with Crippen LogP contribution in [0.2, 0.25) is 0 Å². The zero-order chi connectivity index (χ0) is 14.8. The first-order valence-corrected chi connectivity index (χ1v) is 8.43. The Bertz CT molecular complexity index is 615. The maximum absolute atomic E-state index is 6.40. The number of nitrogens with zero attached hydrogens (tertiary/aromatic N) is 2. The number of aromatic nitrogens is 2. The fourth-order valence-corrected chi connectivity index (χ4v) is 3.54. The molecule has 0 saturated heterocycles. The molecular formula is C17H23ClN2O. The third-order valence-corrected chi connectivity index (χ3v) is 4.50. The zero-order valence-corrected chi connectivity index (χ0v) is 13.6. The van der Waals surface area contributed by atoms with Gasteiger partial charge in [-0.15, -0.1) is 11.6 Å². The Labute approximate surface area is 131 Å². The summed E-state index contributed by atoms with van der Waals surface area (Å²) in [4.78, 5) is 4.81. The van der Waals surface area contributed by atoms with E-state index >= 15 is 0 Å². The molecule has 1 aliphatic carbocycles. The Balaban J connectivity index is 2.15. The summed E-state index contributed by atoms with van der Waals surface area (Å²) in [6.45, 7) is 4.66. The summed E-state index contributed by atoms with van der Waals surface area (Å²) < 4.78 is 8.11. The van der Waals surface area contributed by atoms with Gasteiger partial charge in [0.25, 0.3) is 0 Å². The number of benzene rings is 1. The number of hydrogen-bond acceptors (Lipinski definition) is 2. The van der Waals surface area contributed by atoms with Gasteiger partial charge in [0.15, 0.2) is 0 Å². The maximum Gasteiger partial charge on any atom is 0.147 e. The van der Waals surface area contributed by atoms with E-state index in [1.807, 2.05) is 19.9 Å². The SMILES string of the molecule is CCOc1cccc2c1nc(C(C)Cl)n2C1CCCCC1. The minimum absolute atomic E-state index is 0.0891. The number of fused-ring (bicyclic) bond motifs is 1. The van der Waals surface area contributed by atoms with Gasteiger partial charge in [-0.2, -0.15) is 0 Å². The molecule has 0 radical (unpaired) electrons. The van der Waals surface area contributed by atoms with Crippen molar-refractivity contribution in [1.82, 2.24) is 9.55 Å². The highest BCUT2D eigenvalue weighted by molar-refractivity contribution is 6.20. The van der Waals surface area contributed by atoms with Crippen LogP contribution >= 0.6 is 11.6 Å². The van der Waals surface area contributed by atoms with Gasteiger partial charge in [-0.1, -0.05) is 25.3 Å². The molecule has 1 aromatic carbocycles. The van der Waals surface area contributed by atoms with Crippen molar-refractivity contribution in [2.24, 2.45) is 0 Å². The van der Waals surface area contributed by atoms with Crippen LogP contribution in [0.25, 0.3) is 11.0 Å². The topological polar surface area (TPSA) is 27.1 Å². The van der Waals surface area contributed by atoms with Crippen molar-refractivity contribution in [3.8, 4) is 5.75 Å². The van der Waals surface area contributed by atoms with Crippen LogP contribution in [-0.2, 0) is 0 Å². The van der Waals surface area contributed by atoms with Crippen molar-refractivity contribution >= 4 is 22.6 Å². The third kappa shape index (κ3) is 2.76. The molecule has 0 aliphatic heterocycles. The molecule has 0 bridgehead atoms. The molecule has 3 nitrogen and oxygen atoms in total. The molecule has 1 fully saturated rings. The van der Waals surface area contributed by atoms with Gasteiger partial charge in [0.1, 0.15) is 17.1 Å². The predicted octanol–water partition coefficient (Wildman–Crippen LogP) is 5.24. The standard InChI is InChI=1S/C17H23ClN2O/c1-3-21-15-11-7-10-14-16(15)19-17(12(2)18)20(14)13-8-5-4-6-9-13/h7,10-13H,3-6,8-9H2,1-2H3. The normalized spacial score (nSPS) is 18.0. The van der Waals surface area contributed by atoms with E-state index in [4.69, 9.17) is 21.3 Å². The second kappa shape index (κ2) is 6.27. The summed E-state index contributed by atoms with van der Waals surface area (Å²) in [6, 6.07) is 6.71. The highest BCUT2D eigenvalue weighted by Gasteiger charge is 2.24. The summed E-state index contributed by atoms with van der Waals surface area (Å²) in [5.74, 6) is 1.84. The molecule has 114 valence electrons. The quantitative estimate of drug-likeness (QED) is 0.722. The number of para-hydroxylation sites is 1. The van der Waals surface area contributed by atoms with Crippen molar-refractivity contribution in [2.45, 2.75) is 57.4 Å². The zero-order valence-electron chi connectivity index (χ0n) is 12.8. The second-order valence-corrected chi connectivity index (χ2v) is 6.46. The molecule has 1 heterocycles. The molecule has 1 aliphatic rings. The Kier molecular flexibility index (Phi) is 4.39. The first kappa shape index (κ1) is 14.7. The van der Waals surface area contributed by atoms with Gasteiger partial charge in [0.05, 0.1) is 17.5 Å². The van der Waals surface area contributed by atoms with Crippen LogP contribution in [-0.4, -0.2) is 16.2 Å². The van der Waals surface area contributed by atoms with E-state index in [2.05, 4.69) is 16.7 Å². The minimum atomic E-state index is -0.0891. The lowest BCUT2D eigenvalue weighted by molar-refractivity contribution is 0.343. The second-order valence-electron chi connectivity index (χ2n) is 5.80. The number of rotatable bonds is 4. The number of alkyl halides is 1. The number of halogens is 1. The van der Waals surface area contributed by atoms with Crippen LogP contribution in [0.5, 0.6) is 5.75 Å². The van der Waals surface area contributed by atoms with Crippen molar-refractivity contribution in [2.75, 3.05) is 6.61 Å². The lowest BCUT2D eigenvalue weighted by Gasteiger charge is -2.26. The van der Waals surface area contributed by atoms with E-state index in [9.17, 15) is 0 Å². The van der Waals surface area contributed by atoms with Crippen LogP contribution in [0.1, 0.15) is 63.2 Å². The molecule has 1 saturated carbocycles. The smallest absolute Gasteiger partial charge is 0.147 e. The van der Waals surface area contributed by atoms with E-state index in [1.54, 1.807) is 0 Å². The van der Waals surface area contributed by atoms with Gasteiger partial charge in [0, 0.05) is 6.04 Å². The fourth-order valence-electron chi connectivity index (χ4n) is 3.38. The molecule has 0 amide bonds. The molecule has 0 spiro atoms. The number of imidazole rings is 1. The van der Waals surface area contributed by atoms with Crippen molar-refractivity contribution in [1.29, 1.82) is 0 Å². The molecule has 1 aromatic heterocycles. The summed E-state index contributed by atoms with van der Waals surface area (Å²) in [5, 5.41) is -0.0891. The number of hydrogen-bond donors (Lipinski definition) is 0. The monoisotopic (exact) mass is 306 g/mol. The Morgan fingerprint density at radius 1 is 1.33 bits per heavy atom. The first-order valence-electron chi connectivity index (χ1n) is 8.00. The van der Waals surface area contributed by atoms with Crippen LogP contribution in [0.3, 0.4) is 0 Å². The van der Waals surface area contributed by atoms with Gasteiger partial charge in [-0.25, -0.2) is 4.98 Å². The molecule has 21 heavy (non-hydrogen) atoms. The molecule has 1 atom stereocenters. The average Bonchev–Trinajstić information content (AvgIpc) is 2.89. The van der Waals surface area contributed by atoms with Crippen molar-refractivity contribution in [3.63, 3.8) is 0 Å². The largest absolute Gasteiger partial charge is 0.492 e. The van der Waals surface area contributed by atoms with Crippen LogP contribution in [0.4, 0.5) is 0 Å². The Morgan fingerprint density at radius 3 is 2.76 bits per heavy atom. The number of ether oxygens (including phenoxy) is 1. The van der Waals surface area contributed by atoms with Gasteiger partial charge >= 0.3 is 0 Å². The van der Waals surface area contributed by atoms with Gasteiger partial charge in [-0.05, 0) is 38.8 Å². The van der Waals surface area contributed by atoms with E-state index in [-0.39, 0.29) is 5.38 Å². The molecule has 4 heteroatoms. The van der Waals surface area contributed by atoms with Crippen LogP contribution < -0.4 is 4.74 Å². The first-order chi connectivity index (χ1) is 10.2. The van der Waals surface area contributed by atoms with Crippen molar-refractivity contribution in [3.05, 3.63) is 24.0 Å². The van der Waals surface area contributed by atoms with E-state index in [1.165, 1.54) is 32.1 Å². The fraction of sp³-hybridized carbons (Fsp3) is 0.588. The Hall–Kier alpha value is -1.22. The predicted molar refractivity (Wildman–Crippen MR) is 87.3 cm³/mol. The van der Waals surface area contributed by atoms with Gasteiger partial charge in [0.2, 0.25) is 0 Å². The molecule has 2 aromatic rings. The summed E-state index contributed by atoms with van der Waals surface area (Å²) in [6.07, 6.45) is 6.39. The van der Waals surface area contributed by atoms with Gasteiger partial charge < -0.3 is 9.30 Å². The van der Waals surface area contributed by atoms with E-state index in [0.29, 0.717) is 12.6 Å². The summed E-state index contributed by atoms with van der Waals surface area (Å²) in [7, 11) is 0. The van der Waals surface area contributed by atoms with E-state index in [0.717, 1.165) is 22.6 Å². The Morgan fingerprint density at radius 2 is 2.10 bits per heavy atom. The molecule has 3 rings (SSSR count). The summed E-state index contributed by atoms with van der Waals surface area (Å²) >= 11 is 6.40. The lowest BCUT2D eigenvalue weighted by Crippen LogP contribution is -2.15. The molecule has 0 N–H and O–H groups in total. The third-order valence-electron chi connectivity index (χ3n) is 4.31. The van der Waals surface area contributed by atoms with E-state index < -0.39 is 0 Å².